The number of nitrogens with zero attached hydrogens (tertiary/aromatic N) is 1. The molecule has 1 fully saturated rings. The van der Waals surface area contributed by atoms with Gasteiger partial charge in [-0.25, -0.2) is 4.79 Å². The van der Waals surface area contributed by atoms with E-state index < -0.39 is 12.1 Å². The van der Waals surface area contributed by atoms with E-state index in [0.717, 1.165) is 17.7 Å². The fourth-order valence-corrected chi connectivity index (χ4v) is 3.19. The van der Waals surface area contributed by atoms with Crippen LogP contribution in [0.3, 0.4) is 0 Å². The van der Waals surface area contributed by atoms with Crippen LogP contribution >= 0.6 is 0 Å². The normalized spacial score (nSPS) is 15.6. The van der Waals surface area contributed by atoms with Gasteiger partial charge in [0.15, 0.2) is 0 Å². The maximum absolute atomic E-state index is 12.5. The van der Waals surface area contributed by atoms with Gasteiger partial charge in [0, 0.05) is 6.54 Å². The zero-order valence-corrected chi connectivity index (χ0v) is 16.5. The average Bonchev–Trinajstić information content (AvgIpc) is 3.26. The smallest absolute Gasteiger partial charge is 0.410 e. The molecular formula is C22H26N2O5. The minimum absolute atomic E-state index is 0.183. The van der Waals surface area contributed by atoms with Crippen molar-refractivity contribution in [2.24, 2.45) is 0 Å². The Balaban J connectivity index is 1.41. The van der Waals surface area contributed by atoms with Crippen LogP contribution in [0.15, 0.2) is 54.6 Å². The van der Waals surface area contributed by atoms with Crippen LogP contribution in [0.25, 0.3) is 0 Å². The molecule has 1 saturated heterocycles. The molecule has 0 saturated carbocycles. The van der Waals surface area contributed by atoms with E-state index in [4.69, 9.17) is 14.2 Å². The summed E-state index contributed by atoms with van der Waals surface area (Å²) < 4.78 is 16.1. The largest absolute Gasteiger partial charge is 0.497 e. The molecule has 2 aromatic rings. The molecule has 29 heavy (non-hydrogen) atoms. The predicted molar refractivity (Wildman–Crippen MR) is 108 cm³/mol. The van der Waals surface area contributed by atoms with Crippen molar-refractivity contribution in [3.63, 3.8) is 0 Å². The van der Waals surface area contributed by atoms with Crippen LogP contribution in [-0.4, -0.2) is 49.7 Å². The van der Waals surface area contributed by atoms with Crippen LogP contribution < -0.4 is 14.8 Å². The fourth-order valence-electron chi connectivity index (χ4n) is 3.19. The first-order valence-electron chi connectivity index (χ1n) is 9.69. The van der Waals surface area contributed by atoms with Gasteiger partial charge in [0.1, 0.15) is 30.8 Å². The monoisotopic (exact) mass is 398 g/mol. The molecule has 1 unspecified atom stereocenters. The SMILES string of the molecule is COc1ccc(OCCNC(=O)C2CCCN2C(=O)OCc2ccccc2)cc1. The fraction of sp³-hybridized carbons (Fsp3) is 0.364. The summed E-state index contributed by atoms with van der Waals surface area (Å²) >= 11 is 0. The highest BCUT2D eigenvalue weighted by atomic mass is 16.6. The van der Waals surface area contributed by atoms with Crippen LogP contribution in [0, 0.1) is 0 Å². The third kappa shape index (κ3) is 5.88. The molecule has 1 aliphatic rings. The zero-order chi connectivity index (χ0) is 20.5. The van der Waals surface area contributed by atoms with E-state index in [9.17, 15) is 9.59 Å². The van der Waals surface area contributed by atoms with Gasteiger partial charge in [-0.05, 0) is 42.7 Å². The van der Waals surface area contributed by atoms with Gasteiger partial charge in [-0.3, -0.25) is 9.69 Å². The van der Waals surface area contributed by atoms with Gasteiger partial charge < -0.3 is 19.5 Å². The third-order valence-electron chi connectivity index (χ3n) is 4.72. The number of nitrogens with one attached hydrogen (secondary N) is 1. The highest BCUT2D eigenvalue weighted by Gasteiger charge is 2.34. The molecular weight excluding hydrogens is 372 g/mol. The molecule has 0 radical (unpaired) electrons. The number of amides is 2. The van der Waals surface area contributed by atoms with E-state index >= 15 is 0 Å². The van der Waals surface area contributed by atoms with E-state index in [1.54, 1.807) is 7.11 Å². The lowest BCUT2D eigenvalue weighted by Crippen LogP contribution is -2.46. The number of likely N-dealkylation sites (tertiary alicyclic amines) is 1. The summed E-state index contributed by atoms with van der Waals surface area (Å²) in [5, 5.41) is 2.84. The van der Waals surface area contributed by atoms with Gasteiger partial charge in [0.25, 0.3) is 0 Å². The summed E-state index contributed by atoms with van der Waals surface area (Å²) in [6.45, 7) is 1.41. The number of rotatable bonds is 8. The molecule has 0 bridgehead atoms. The van der Waals surface area contributed by atoms with Crippen LogP contribution in [0.5, 0.6) is 11.5 Å². The minimum atomic E-state index is -0.501. The topological polar surface area (TPSA) is 77.1 Å². The number of benzene rings is 2. The Bertz CT molecular complexity index is 795. The van der Waals surface area contributed by atoms with E-state index in [1.807, 2.05) is 54.6 Å². The molecule has 0 aromatic heterocycles. The summed E-state index contributed by atoms with van der Waals surface area (Å²) in [4.78, 5) is 26.4. The molecule has 1 aliphatic heterocycles. The Kier molecular flexibility index (Phi) is 7.33. The lowest BCUT2D eigenvalue weighted by Gasteiger charge is -2.23. The van der Waals surface area contributed by atoms with Gasteiger partial charge in [-0.2, -0.15) is 0 Å². The molecule has 2 aromatic carbocycles. The molecule has 1 N–H and O–H groups in total. The van der Waals surface area contributed by atoms with Crippen LogP contribution in [0.1, 0.15) is 18.4 Å². The quantitative estimate of drug-likeness (QED) is 0.692. The van der Waals surface area contributed by atoms with Crippen molar-refractivity contribution in [1.82, 2.24) is 10.2 Å². The summed E-state index contributed by atoms with van der Waals surface area (Å²) in [5.41, 5.74) is 0.914. The van der Waals surface area contributed by atoms with Crippen molar-refractivity contribution in [3.05, 3.63) is 60.2 Å². The predicted octanol–water partition coefficient (Wildman–Crippen LogP) is 2.99. The maximum Gasteiger partial charge on any atom is 0.410 e. The second kappa shape index (κ2) is 10.4. The average molecular weight is 398 g/mol. The Morgan fingerprint density at radius 3 is 2.52 bits per heavy atom. The number of carbonyl (C=O) groups is 2. The van der Waals surface area contributed by atoms with Crippen LogP contribution in [-0.2, 0) is 16.1 Å². The van der Waals surface area contributed by atoms with Crippen molar-refractivity contribution in [2.45, 2.75) is 25.5 Å². The van der Waals surface area contributed by atoms with Crippen molar-refractivity contribution in [1.29, 1.82) is 0 Å². The van der Waals surface area contributed by atoms with Gasteiger partial charge in [0.05, 0.1) is 13.7 Å². The van der Waals surface area contributed by atoms with E-state index in [-0.39, 0.29) is 12.5 Å². The standard InChI is InChI=1S/C22H26N2O5/c1-27-18-9-11-19(12-10-18)28-15-13-23-21(25)20-8-5-14-24(20)22(26)29-16-17-6-3-2-4-7-17/h2-4,6-7,9-12,20H,5,8,13-16H2,1H3,(H,23,25). The number of hydrogen-bond acceptors (Lipinski definition) is 5. The zero-order valence-electron chi connectivity index (χ0n) is 16.5. The number of ether oxygens (including phenoxy) is 3. The molecule has 2 amide bonds. The summed E-state index contributed by atoms with van der Waals surface area (Å²) in [6, 6.07) is 16.2. The molecule has 1 atom stereocenters. The first kappa shape index (κ1) is 20.5. The summed E-state index contributed by atoms with van der Waals surface area (Å²) in [6.07, 6.45) is 0.952. The highest BCUT2D eigenvalue weighted by molar-refractivity contribution is 5.86. The van der Waals surface area contributed by atoms with Crippen molar-refractivity contribution in [3.8, 4) is 11.5 Å². The van der Waals surface area contributed by atoms with Crippen molar-refractivity contribution in [2.75, 3.05) is 26.8 Å². The lowest BCUT2D eigenvalue weighted by molar-refractivity contribution is -0.125. The maximum atomic E-state index is 12.5. The van der Waals surface area contributed by atoms with E-state index in [2.05, 4.69) is 5.32 Å². The molecule has 1 heterocycles. The molecule has 3 rings (SSSR count). The van der Waals surface area contributed by atoms with Gasteiger partial charge in [-0.1, -0.05) is 30.3 Å². The Hall–Kier alpha value is -3.22. The summed E-state index contributed by atoms with van der Waals surface area (Å²) in [5.74, 6) is 1.27. The van der Waals surface area contributed by atoms with E-state index in [1.165, 1.54) is 4.90 Å². The second-order valence-corrected chi connectivity index (χ2v) is 6.71. The number of hydrogen-bond donors (Lipinski definition) is 1. The first-order chi connectivity index (χ1) is 14.2. The van der Waals surface area contributed by atoms with Gasteiger partial charge in [-0.15, -0.1) is 0 Å². The van der Waals surface area contributed by atoms with E-state index in [0.29, 0.717) is 31.9 Å². The Morgan fingerprint density at radius 2 is 1.79 bits per heavy atom. The second-order valence-electron chi connectivity index (χ2n) is 6.71. The molecule has 0 spiro atoms. The third-order valence-corrected chi connectivity index (χ3v) is 4.72. The number of carbonyl (C=O) groups excluding carboxylic acids is 2. The van der Waals surface area contributed by atoms with Crippen molar-refractivity contribution >= 4 is 12.0 Å². The molecule has 154 valence electrons. The highest BCUT2D eigenvalue weighted by Crippen LogP contribution is 2.19. The van der Waals surface area contributed by atoms with Gasteiger partial charge >= 0.3 is 6.09 Å². The molecule has 7 heteroatoms. The Morgan fingerprint density at radius 1 is 1.07 bits per heavy atom. The Labute approximate surface area is 170 Å². The van der Waals surface area contributed by atoms with Crippen molar-refractivity contribution < 1.29 is 23.8 Å². The van der Waals surface area contributed by atoms with Crippen LogP contribution in [0.4, 0.5) is 4.79 Å². The van der Waals surface area contributed by atoms with Gasteiger partial charge in [0.2, 0.25) is 5.91 Å². The molecule has 0 aliphatic carbocycles. The lowest BCUT2D eigenvalue weighted by atomic mass is 10.2. The minimum Gasteiger partial charge on any atom is -0.497 e. The first-order valence-corrected chi connectivity index (χ1v) is 9.69. The van der Waals surface area contributed by atoms with Crippen LogP contribution in [0.2, 0.25) is 0 Å². The summed E-state index contributed by atoms with van der Waals surface area (Å²) in [7, 11) is 1.61. The number of methoxy groups -OCH3 is 1. The molecule has 7 nitrogen and oxygen atoms in total.